The second-order valence-electron chi connectivity index (χ2n) is 3.05. The second-order valence-corrected chi connectivity index (χ2v) is 6.31. The summed E-state index contributed by atoms with van der Waals surface area (Å²) in [4.78, 5) is 0. The maximum Gasteiger partial charge on any atom is 0.338 e. The van der Waals surface area contributed by atoms with E-state index >= 15 is 0 Å². The van der Waals surface area contributed by atoms with Crippen molar-refractivity contribution in [3.05, 3.63) is 0 Å². The van der Waals surface area contributed by atoms with E-state index in [9.17, 15) is 13.2 Å². The molecule has 0 aliphatic rings. The fourth-order valence-electron chi connectivity index (χ4n) is 1.21. The summed E-state index contributed by atoms with van der Waals surface area (Å²) in [5, 5.41) is 0. The first-order chi connectivity index (χ1) is 6.45. The fraction of sp³-hybridized carbons (Fsp3) is 1.00. The van der Waals surface area contributed by atoms with E-state index in [1.54, 1.807) is 20.4 Å². The molecule has 6 heteroatoms. The summed E-state index contributed by atoms with van der Waals surface area (Å²) >= 11 is 0. The maximum atomic E-state index is 12.8. The topological polar surface area (TPSA) is 18.5 Å². The third kappa shape index (κ3) is 4.97. The van der Waals surface area contributed by atoms with E-state index in [0.29, 0.717) is 13.2 Å². The monoisotopic (exact) mass is 230 g/mol. The molecule has 2 nitrogen and oxygen atoms in total. The third-order valence-electron chi connectivity index (χ3n) is 1.74. The van der Waals surface area contributed by atoms with Gasteiger partial charge in [-0.15, -0.1) is 0 Å². The van der Waals surface area contributed by atoms with Gasteiger partial charge in [0.25, 0.3) is 6.43 Å². The van der Waals surface area contributed by atoms with Gasteiger partial charge in [0, 0.05) is 19.3 Å². The minimum absolute atomic E-state index is 0.313. The molecule has 1 atom stereocenters. The van der Waals surface area contributed by atoms with Crippen molar-refractivity contribution in [1.82, 2.24) is 0 Å². The second kappa shape index (κ2) is 6.42. The highest BCUT2D eigenvalue weighted by Gasteiger charge is 2.37. The lowest BCUT2D eigenvalue weighted by molar-refractivity contribution is 0.0513. The van der Waals surface area contributed by atoms with Gasteiger partial charge >= 0.3 is 8.56 Å². The molecule has 0 radical (unpaired) electrons. The Kier molecular flexibility index (Phi) is 6.38. The summed E-state index contributed by atoms with van der Waals surface area (Å²) < 4.78 is 47.2. The molecular weight excluding hydrogens is 213 g/mol. The van der Waals surface area contributed by atoms with Crippen molar-refractivity contribution in [2.24, 2.45) is 0 Å². The number of hydrogen-bond donors (Lipinski definition) is 0. The molecule has 0 rings (SSSR count). The number of halogens is 3. The highest BCUT2D eigenvalue weighted by molar-refractivity contribution is 6.66. The minimum atomic E-state index is -2.96. The van der Waals surface area contributed by atoms with Crippen LogP contribution in [-0.4, -0.2) is 34.4 Å². The van der Waals surface area contributed by atoms with Gasteiger partial charge in [-0.2, -0.15) is 0 Å². The van der Waals surface area contributed by atoms with Crippen LogP contribution >= 0.6 is 0 Å². The minimum Gasteiger partial charge on any atom is -0.395 e. The van der Waals surface area contributed by atoms with E-state index in [-0.39, 0.29) is 6.04 Å². The van der Waals surface area contributed by atoms with Crippen molar-refractivity contribution >= 4 is 8.56 Å². The predicted molar refractivity (Wildman–Crippen MR) is 50.6 cm³/mol. The molecule has 0 aliphatic carbocycles. The molecule has 0 aromatic heterocycles. The van der Waals surface area contributed by atoms with E-state index in [1.165, 1.54) is 0 Å². The van der Waals surface area contributed by atoms with Crippen LogP contribution in [-0.2, 0) is 8.85 Å². The third-order valence-corrected chi connectivity index (χ3v) is 4.67. The Hall–Kier alpha value is -0.0731. The van der Waals surface area contributed by atoms with Crippen LogP contribution in [0.3, 0.4) is 0 Å². The quantitative estimate of drug-likeness (QED) is 0.626. The van der Waals surface area contributed by atoms with Crippen LogP contribution in [0.25, 0.3) is 0 Å². The molecule has 1 unspecified atom stereocenters. The Morgan fingerprint density at radius 1 is 1.07 bits per heavy atom. The van der Waals surface area contributed by atoms with Gasteiger partial charge in [0.05, 0.1) is 0 Å². The van der Waals surface area contributed by atoms with Crippen molar-refractivity contribution in [2.45, 2.75) is 39.0 Å². The predicted octanol–water partition coefficient (Wildman–Crippen LogP) is 2.73. The Morgan fingerprint density at radius 3 is 1.79 bits per heavy atom. The molecule has 0 N–H and O–H groups in total. The first-order valence-electron chi connectivity index (χ1n) is 4.65. The Labute approximate surface area is 83.6 Å². The first kappa shape index (κ1) is 13.9. The molecule has 0 bridgehead atoms. The standard InChI is InChI=1S/C8H17F3O2Si/c1-4-12-14(3,13-5-2)6-7(9)8(10)11/h7-8H,4-6H2,1-3H3. The fourth-order valence-corrected chi connectivity index (χ4v) is 3.64. The average Bonchev–Trinajstić information content (AvgIpc) is 2.04. The molecule has 0 aromatic rings. The van der Waals surface area contributed by atoms with Gasteiger partial charge in [0.15, 0.2) is 6.17 Å². The molecule has 14 heavy (non-hydrogen) atoms. The van der Waals surface area contributed by atoms with Gasteiger partial charge in [-0.1, -0.05) is 0 Å². The van der Waals surface area contributed by atoms with Gasteiger partial charge in [0.1, 0.15) is 0 Å². The van der Waals surface area contributed by atoms with Crippen molar-refractivity contribution in [3.63, 3.8) is 0 Å². The lowest BCUT2D eigenvalue weighted by atomic mass is 10.5. The van der Waals surface area contributed by atoms with Crippen LogP contribution in [0.4, 0.5) is 13.2 Å². The summed E-state index contributed by atoms with van der Waals surface area (Å²) in [6.45, 7) is 5.80. The number of rotatable bonds is 7. The maximum absolute atomic E-state index is 12.8. The van der Waals surface area contributed by atoms with E-state index < -0.39 is 21.2 Å². The van der Waals surface area contributed by atoms with Crippen LogP contribution in [0.5, 0.6) is 0 Å². The van der Waals surface area contributed by atoms with Crippen molar-refractivity contribution in [3.8, 4) is 0 Å². The van der Waals surface area contributed by atoms with Crippen LogP contribution in [0, 0.1) is 0 Å². The van der Waals surface area contributed by atoms with E-state index in [4.69, 9.17) is 8.85 Å². The molecular formula is C8H17F3O2Si. The first-order valence-corrected chi connectivity index (χ1v) is 7.17. The molecule has 0 saturated heterocycles. The lowest BCUT2D eigenvalue weighted by Gasteiger charge is -2.27. The molecule has 86 valence electrons. The SMILES string of the molecule is CCO[Si](C)(CC(F)C(F)F)OCC. The van der Waals surface area contributed by atoms with Crippen molar-refractivity contribution in [2.75, 3.05) is 13.2 Å². The van der Waals surface area contributed by atoms with Gasteiger partial charge < -0.3 is 8.85 Å². The van der Waals surface area contributed by atoms with Gasteiger partial charge in [-0.3, -0.25) is 0 Å². The van der Waals surface area contributed by atoms with Crippen LogP contribution in [0.1, 0.15) is 13.8 Å². The van der Waals surface area contributed by atoms with Gasteiger partial charge in [0.2, 0.25) is 0 Å². The van der Waals surface area contributed by atoms with E-state index in [2.05, 4.69) is 0 Å². The molecule has 0 spiro atoms. The van der Waals surface area contributed by atoms with E-state index in [1.807, 2.05) is 0 Å². The largest absolute Gasteiger partial charge is 0.395 e. The van der Waals surface area contributed by atoms with Gasteiger partial charge in [-0.05, 0) is 20.4 Å². The summed E-state index contributed by atoms with van der Waals surface area (Å²) in [5.74, 6) is 0. The zero-order valence-electron chi connectivity index (χ0n) is 8.73. The summed E-state index contributed by atoms with van der Waals surface area (Å²) in [5.41, 5.74) is 0. The summed E-state index contributed by atoms with van der Waals surface area (Å²) in [7, 11) is -2.73. The highest BCUT2D eigenvalue weighted by Crippen LogP contribution is 2.21. The highest BCUT2D eigenvalue weighted by atomic mass is 28.4. The average molecular weight is 230 g/mol. The summed E-state index contributed by atoms with van der Waals surface area (Å²) in [6, 6.07) is -0.313. The van der Waals surface area contributed by atoms with E-state index in [0.717, 1.165) is 0 Å². The smallest absolute Gasteiger partial charge is 0.338 e. The molecule has 0 fully saturated rings. The number of alkyl halides is 3. The molecule has 0 saturated carbocycles. The molecule has 0 amide bonds. The lowest BCUT2D eigenvalue weighted by Crippen LogP contribution is -2.42. The molecule has 0 heterocycles. The van der Waals surface area contributed by atoms with Crippen LogP contribution in [0.15, 0.2) is 0 Å². The molecule has 0 aromatic carbocycles. The number of hydrogen-bond acceptors (Lipinski definition) is 2. The zero-order chi connectivity index (χ0) is 11.2. The van der Waals surface area contributed by atoms with Crippen LogP contribution < -0.4 is 0 Å². The molecule has 0 aliphatic heterocycles. The normalized spacial score (nSPS) is 14.8. The Morgan fingerprint density at radius 2 is 1.50 bits per heavy atom. The van der Waals surface area contributed by atoms with Gasteiger partial charge in [-0.25, -0.2) is 13.2 Å². The summed E-state index contributed by atoms with van der Waals surface area (Å²) in [6.07, 6.45) is -5.10. The van der Waals surface area contributed by atoms with Crippen LogP contribution in [0.2, 0.25) is 12.6 Å². The van der Waals surface area contributed by atoms with Crippen molar-refractivity contribution in [1.29, 1.82) is 0 Å². The van der Waals surface area contributed by atoms with Crippen molar-refractivity contribution < 1.29 is 22.0 Å². The Balaban J connectivity index is 4.20. The Bertz CT molecular complexity index is 152. The zero-order valence-corrected chi connectivity index (χ0v) is 9.73.